The molecule has 0 radical (unpaired) electrons. The highest BCUT2D eigenvalue weighted by Gasteiger charge is 2.28. The molecule has 1 unspecified atom stereocenters. The predicted octanol–water partition coefficient (Wildman–Crippen LogP) is 3.33. The van der Waals surface area contributed by atoms with E-state index in [9.17, 15) is 18.0 Å². The third-order valence-corrected chi connectivity index (χ3v) is 4.63. The number of hydroxylamine groups is 1. The van der Waals surface area contributed by atoms with Gasteiger partial charge in [-0.1, -0.05) is 0 Å². The zero-order valence-electron chi connectivity index (χ0n) is 15.0. The first-order valence-electron chi connectivity index (χ1n) is 8.71. The van der Waals surface area contributed by atoms with Gasteiger partial charge in [-0.05, 0) is 24.3 Å². The lowest BCUT2D eigenvalue weighted by Crippen LogP contribution is -2.39. The van der Waals surface area contributed by atoms with Gasteiger partial charge in [-0.2, -0.15) is 5.10 Å². The Hall–Kier alpha value is -3.23. The van der Waals surface area contributed by atoms with Crippen LogP contribution in [0.25, 0.3) is 11.3 Å². The zero-order chi connectivity index (χ0) is 19.8. The number of benzene rings is 1. The molecule has 4 rings (SSSR count). The summed E-state index contributed by atoms with van der Waals surface area (Å²) in [5.41, 5.74) is 1.88. The molecule has 1 amide bonds. The molecule has 2 heterocycles. The molecule has 1 aliphatic carbocycles. The Morgan fingerprint density at radius 2 is 2.14 bits per heavy atom. The number of rotatable bonds is 4. The van der Waals surface area contributed by atoms with Gasteiger partial charge in [0.15, 0.2) is 0 Å². The average molecular weight is 390 g/mol. The van der Waals surface area contributed by atoms with Crippen molar-refractivity contribution >= 4 is 11.6 Å². The number of hydrogen-bond acceptors (Lipinski definition) is 4. The van der Waals surface area contributed by atoms with Crippen molar-refractivity contribution in [3.8, 4) is 17.0 Å². The molecule has 2 aliphatic rings. The van der Waals surface area contributed by atoms with E-state index < -0.39 is 29.4 Å². The van der Waals surface area contributed by atoms with E-state index in [1.54, 1.807) is 17.8 Å². The fourth-order valence-corrected chi connectivity index (χ4v) is 3.27. The molecule has 0 bridgehead atoms. The molecule has 0 spiro atoms. The van der Waals surface area contributed by atoms with E-state index >= 15 is 0 Å². The molecule has 1 aromatic heterocycles. The highest BCUT2D eigenvalue weighted by Crippen LogP contribution is 2.41. The number of allylic oxidation sites excluding steroid dienone is 2. The van der Waals surface area contributed by atoms with E-state index in [-0.39, 0.29) is 19.4 Å². The minimum atomic E-state index is -1.02. The standard InChI is InChI=1S/C19H17F3N4O2/c1-25-19-13-4-2-12(21)9-16(13)26(28-17(19)10-23-25)7-6-18(27)24-15-8-11(20)3-5-14(15)22/h2-5,9-10,15H,6-8H2,1H3,(H,24,27). The summed E-state index contributed by atoms with van der Waals surface area (Å²) in [5.74, 6) is -1.53. The maximum absolute atomic E-state index is 13.8. The first-order chi connectivity index (χ1) is 13.4. The van der Waals surface area contributed by atoms with Crippen molar-refractivity contribution in [1.29, 1.82) is 0 Å². The SMILES string of the molecule is Cn1ncc2c1-c1ccc(F)cc1N(CCC(=O)NC1CC(F)=CC=C1F)O2. The second-order valence-corrected chi connectivity index (χ2v) is 6.58. The third kappa shape index (κ3) is 3.35. The second kappa shape index (κ2) is 7.06. The van der Waals surface area contributed by atoms with Gasteiger partial charge in [0.05, 0.1) is 24.5 Å². The van der Waals surface area contributed by atoms with Gasteiger partial charge >= 0.3 is 0 Å². The van der Waals surface area contributed by atoms with Crippen molar-refractivity contribution in [1.82, 2.24) is 15.1 Å². The summed E-state index contributed by atoms with van der Waals surface area (Å²) in [6, 6.07) is 3.26. The summed E-state index contributed by atoms with van der Waals surface area (Å²) < 4.78 is 42.4. The van der Waals surface area contributed by atoms with Crippen molar-refractivity contribution in [3.63, 3.8) is 0 Å². The Bertz CT molecular complexity index is 999. The van der Waals surface area contributed by atoms with Crippen LogP contribution in [-0.4, -0.2) is 28.3 Å². The topological polar surface area (TPSA) is 59.4 Å². The number of hydrogen-bond donors (Lipinski definition) is 1. The average Bonchev–Trinajstić information content (AvgIpc) is 3.03. The van der Waals surface area contributed by atoms with Crippen LogP contribution in [-0.2, 0) is 11.8 Å². The number of carbonyl (C=O) groups is 1. The Balaban J connectivity index is 1.47. The van der Waals surface area contributed by atoms with Crippen LogP contribution in [0.15, 0.2) is 48.2 Å². The van der Waals surface area contributed by atoms with E-state index in [2.05, 4.69) is 10.4 Å². The Morgan fingerprint density at radius 1 is 1.32 bits per heavy atom. The number of anilines is 1. The molecule has 146 valence electrons. The van der Waals surface area contributed by atoms with E-state index in [0.717, 1.165) is 17.7 Å². The predicted molar refractivity (Wildman–Crippen MR) is 96.1 cm³/mol. The molecule has 6 nitrogen and oxygen atoms in total. The number of carbonyl (C=O) groups excluding carboxylic acids is 1. The summed E-state index contributed by atoms with van der Waals surface area (Å²) in [7, 11) is 1.75. The Labute approximate surface area is 158 Å². The fourth-order valence-electron chi connectivity index (χ4n) is 3.27. The largest absolute Gasteiger partial charge is 0.375 e. The number of fused-ring (bicyclic) bond motifs is 3. The van der Waals surface area contributed by atoms with Gasteiger partial charge in [-0.15, -0.1) is 0 Å². The molecule has 0 fully saturated rings. The number of amides is 1. The van der Waals surface area contributed by atoms with E-state index in [1.165, 1.54) is 23.4 Å². The normalized spacial score (nSPS) is 17.9. The maximum atomic E-state index is 13.8. The summed E-state index contributed by atoms with van der Waals surface area (Å²) in [6.45, 7) is 0.0903. The summed E-state index contributed by atoms with van der Waals surface area (Å²) in [5, 5.41) is 8.01. The molecule has 28 heavy (non-hydrogen) atoms. The van der Waals surface area contributed by atoms with E-state index in [0.29, 0.717) is 17.1 Å². The first kappa shape index (κ1) is 18.1. The van der Waals surface area contributed by atoms with Gasteiger partial charge < -0.3 is 10.2 Å². The molecular weight excluding hydrogens is 373 g/mol. The monoisotopic (exact) mass is 390 g/mol. The van der Waals surface area contributed by atoms with Crippen molar-refractivity contribution in [2.75, 3.05) is 11.6 Å². The summed E-state index contributed by atoms with van der Waals surface area (Å²) in [4.78, 5) is 18.0. The highest BCUT2D eigenvalue weighted by atomic mass is 19.1. The van der Waals surface area contributed by atoms with Crippen LogP contribution in [0.3, 0.4) is 0 Å². The second-order valence-electron chi connectivity index (χ2n) is 6.58. The van der Waals surface area contributed by atoms with Gasteiger partial charge in [0.25, 0.3) is 0 Å². The van der Waals surface area contributed by atoms with Crippen LogP contribution in [0.4, 0.5) is 18.9 Å². The van der Waals surface area contributed by atoms with Gasteiger partial charge in [-0.3, -0.25) is 9.48 Å². The van der Waals surface area contributed by atoms with Gasteiger partial charge in [0.2, 0.25) is 11.7 Å². The minimum Gasteiger partial charge on any atom is -0.375 e. The number of aromatic nitrogens is 2. The fraction of sp³-hybridized carbons (Fsp3) is 0.263. The molecule has 1 aromatic carbocycles. The lowest BCUT2D eigenvalue weighted by atomic mass is 10.1. The van der Waals surface area contributed by atoms with E-state index in [1.807, 2.05) is 0 Å². The first-order valence-corrected chi connectivity index (χ1v) is 8.71. The van der Waals surface area contributed by atoms with Crippen LogP contribution in [0.2, 0.25) is 0 Å². The highest BCUT2D eigenvalue weighted by molar-refractivity contribution is 5.83. The van der Waals surface area contributed by atoms with Crippen LogP contribution >= 0.6 is 0 Å². The Kier molecular flexibility index (Phi) is 4.58. The quantitative estimate of drug-likeness (QED) is 0.870. The number of halogens is 3. The van der Waals surface area contributed by atoms with Crippen LogP contribution in [0, 0.1) is 5.82 Å². The smallest absolute Gasteiger partial charge is 0.222 e. The molecule has 1 N–H and O–H groups in total. The Morgan fingerprint density at radius 3 is 2.96 bits per heavy atom. The maximum Gasteiger partial charge on any atom is 0.222 e. The van der Waals surface area contributed by atoms with Gasteiger partial charge in [0, 0.05) is 31.5 Å². The molecule has 9 heteroatoms. The van der Waals surface area contributed by atoms with E-state index in [4.69, 9.17) is 4.84 Å². The van der Waals surface area contributed by atoms with Crippen molar-refractivity contribution in [2.45, 2.75) is 18.9 Å². The van der Waals surface area contributed by atoms with Gasteiger partial charge in [0.1, 0.15) is 23.2 Å². The van der Waals surface area contributed by atoms with Crippen LogP contribution < -0.4 is 15.2 Å². The molecule has 0 saturated heterocycles. The molecule has 2 aromatic rings. The third-order valence-electron chi connectivity index (χ3n) is 4.63. The zero-order valence-corrected chi connectivity index (χ0v) is 15.0. The summed E-state index contributed by atoms with van der Waals surface area (Å²) in [6.07, 6.45) is 3.30. The minimum absolute atomic E-state index is 0.0549. The van der Waals surface area contributed by atoms with Crippen molar-refractivity contribution < 1.29 is 22.8 Å². The number of nitrogens with one attached hydrogen (secondary N) is 1. The van der Waals surface area contributed by atoms with Crippen molar-refractivity contribution in [3.05, 3.63) is 54.0 Å². The van der Waals surface area contributed by atoms with Crippen LogP contribution in [0.5, 0.6) is 5.75 Å². The molecule has 1 aliphatic heterocycles. The molecular formula is C19H17F3N4O2. The summed E-state index contributed by atoms with van der Waals surface area (Å²) >= 11 is 0. The van der Waals surface area contributed by atoms with Crippen molar-refractivity contribution in [2.24, 2.45) is 7.05 Å². The number of nitrogens with zero attached hydrogens (tertiary/aromatic N) is 3. The van der Waals surface area contributed by atoms with Crippen LogP contribution in [0.1, 0.15) is 12.8 Å². The van der Waals surface area contributed by atoms with Gasteiger partial charge in [-0.25, -0.2) is 18.2 Å². The lowest BCUT2D eigenvalue weighted by Gasteiger charge is -2.30. The molecule has 1 atom stereocenters. The molecule has 0 saturated carbocycles. The number of aryl methyl sites for hydroxylation is 1. The lowest BCUT2D eigenvalue weighted by molar-refractivity contribution is -0.121.